The minimum absolute atomic E-state index is 0.122. The van der Waals surface area contributed by atoms with Gasteiger partial charge in [-0.3, -0.25) is 0 Å². The van der Waals surface area contributed by atoms with Crippen molar-refractivity contribution in [3.8, 4) is 11.5 Å². The second kappa shape index (κ2) is 15.6. The lowest BCUT2D eigenvalue weighted by atomic mass is 9.34. The highest BCUT2D eigenvalue weighted by atomic mass is 32.1. The fraction of sp³-hybridized carbons (Fsp3) is 0.100. The zero-order chi connectivity index (χ0) is 44.8. The average molecular weight is 870 g/mol. The summed E-state index contributed by atoms with van der Waals surface area (Å²) in [6.07, 6.45) is 0. The Balaban J connectivity index is 1.19. The smallest absolute Gasteiger partial charge is 0.256 e. The Labute approximate surface area is 391 Å². The first-order chi connectivity index (χ1) is 32.2. The van der Waals surface area contributed by atoms with Gasteiger partial charge in [-0.1, -0.05) is 124 Å². The second-order valence-corrected chi connectivity index (χ2v) is 19.3. The van der Waals surface area contributed by atoms with Crippen molar-refractivity contribution in [1.29, 1.82) is 0 Å². The second-order valence-electron chi connectivity index (χ2n) is 18.3. The Bertz CT molecular complexity index is 3410. The van der Waals surface area contributed by atoms with Crippen LogP contribution in [-0.4, -0.2) is 6.71 Å². The van der Waals surface area contributed by atoms with Crippen molar-refractivity contribution in [2.24, 2.45) is 0 Å². The van der Waals surface area contributed by atoms with E-state index in [0.29, 0.717) is 0 Å². The van der Waals surface area contributed by atoms with Crippen LogP contribution in [0.1, 0.15) is 33.4 Å². The zero-order valence-corrected chi connectivity index (χ0v) is 38.9. The summed E-state index contributed by atoms with van der Waals surface area (Å²) in [5.74, 6) is 1.80. The third kappa shape index (κ3) is 6.58. The van der Waals surface area contributed by atoms with Gasteiger partial charge in [-0.05, 0) is 143 Å². The van der Waals surface area contributed by atoms with Crippen LogP contribution in [0, 0.1) is 41.5 Å². The van der Waals surface area contributed by atoms with Gasteiger partial charge in [-0.25, -0.2) is 0 Å². The molecule has 66 heavy (non-hydrogen) atoms. The van der Waals surface area contributed by atoms with Crippen molar-refractivity contribution in [1.82, 2.24) is 0 Å². The topological polar surface area (TPSA) is 19.0 Å². The molecule has 2 aliphatic rings. The first-order valence-corrected chi connectivity index (χ1v) is 23.7. The van der Waals surface area contributed by atoms with Crippen LogP contribution in [0.15, 0.2) is 182 Å². The zero-order valence-electron chi connectivity index (χ0n) is 38.1. The van der Waals surface area contributed by atoms with Gasteiger partial charge < -0.3 is 19.4 Å². The minimum Gasteiger partial charge on any atom is -0.457 e. The number of hydrogen-bond acceptors (Lipinski definition) is 5. The molecule has 0 saturated heterocycles. The molecule has 1 aromatic heterocycles. The van der Waals surface area contributed by atoms with Gasteiger partial charge >= 0.3 is 0 Å². The summed E-state index contributed by atoms with van der Waals surface area (Å²) in [7, 11) is 0. The summed E-state index contributed by atoms with van der Waals surface area (Å²) in [5.41, 5.74) is 20.9. The highest BCUT2D eigenvalue weighted by Crippen LogP contribution is 2.52. The molecule has 318 valence electrons. The highest BCUT2D eigenvalue weighted by molar-refractivity contribution is 7.26. The molecule has 2 aliphatic heterocycles. The van der Waals surface area contributed by atoms with Gasteiger partial charge in [0.2, 0.25) is 0 Å². The summed E-state index contributed by atoms with van der Waals surface area (Å²) in [6.45, 7) is 12.9. The SMILES string of the molecule is Cc1ccc(N(c2ccc(C)cc2)c2cc3c4c(c2)N(c2ccc(C)cc2)c2ccc(C)cc2B4c2cc(N(c4ccc(C)cc4)c4ccc(C)cc4)c4c(sc5ccccc54)c2O3)cc1. The van der Waals surface area contributed by atoms with Gasteiger partial charge in [0.15, 0.2) is 0 Å². The third-order valence-electron chi connectivity index (χ3n) is 13.5. The van der Waals surface area contributed by atoms with Gasteiger partial charge in [-0.15, -0.1) is 11.3 Å². The van der Waals surface area contributed by atoms with Crippen LogP contribution in [0.2, 0.25) is 0 Å². The monoisotopic (exact) mass is 869 g/mol. The fourth-order valence-electron chi connectivity index (χ4n) is 10.1. The number of thiophene rings is 1. The molecule has 3 heterocycles. The Hall–Kier alpha value is -7.54. The molecule has 6 heteroatoms. The quantitative estimate of drug-likeness (QED) is 0.149. The van der Waals surface area contributed by atoms with Crippen LogP contribution >= 0.6 is 11.3 Å². The van der Waals surface area contributed by atoms with E-state index < -0.39 is 0 Å². The van der Waals surface area contributed by atoms with Gasteiger partial charge in [0.1, 0.15) is 11.5 Å². The van der Waals surface area contributed by atoms with E-state index in [2.05, 4.69) is 238 Å². The molecule has 0 fully saturated rings. The standard InChI is InChI=1S/C60H48BN3OS/c1-37-11-22-43(23-12-37)62(44-24-13-38(2)14-25-44)48-34-54-58-55(35-48)65-59-51(61(58)50-33-42(6)21-32-52(50)64(54)47-30-19-41(5)20-31-47)36-53(57-49-9-7-8-10-56(49)66-60(57)59)63(45-26-15-39(3)16-27-45)46-28-17-40(4)18-29-46/h7-36H,1-6H3. The Morgan fingerprint density at radius 3 is 1.55 bits per heavy atom. The van der Waals surface area contributed by atoms with Crippen LogP contribution in [0.3, 0.4) is 0 Å². The number of hydrogen-bond donors (Lipinski definition) is 0. The molecule has 0 atom stereocenters. The predicted molar refractivity (Wildman–Crippen MR) is 283 cm³/mol. The van der Waals surface area contributed by atoms with Crippen molar-refractivity contribution in [2.75, 3.05) is 14.7 Å². The number of benzene rings is 9. The number of anilines is 9. The summed E-state index contributed by atoms with van der Waals surface area (Å²) in [6, 6.07) is 67.6. The molecule has 0 bridgehead atoms. The van der Waals surface area contributed by atoms with Crippen molar-refractivity contribution >= 4 is 106 Å². The van der Waals surface area contributed by atoms with Crippen molar-refractivity contribution < 1.29 is 4.74 Å². The number of aryl methyl sites for hydroxylation is 6. The van der Waals surface area contributed by atoms with Crippen LogP contribution in [0.4, 0.5) is 51.2 Å². The number of rotatable bonds is 7. The molecule has 0 spiro atoms. The molecule has 0 aliphatic carbocycles. The Kier molecular flexibility index (Phi) is 9.44. The normalized spacial score (nSPS) is 12.5. The van der Waals surface area contributed by atoms with Crippen LogP contribution in [0.25, 0.3) is 20.2 Å². The molecule has 0 radical (unpaired) electrons. The maximum Gasteiger partial charge on any atom is 0.256 e. The van der Waals surface area contributed by atoms with E-state index in [-0.39, 0.29) is 6.71 Å². The first-order valence-electron chi connectivity index (χ1n) is 22.8. The maximum atomic E-state index is 7.63. The van der Waals surface area contributed by atoms with Crippen molar-refractivity contribution in [2.45, 2.75) is 41.5 Å². The molecular weight excluding hydrogens is 822 g/mol. The average Bonchev–Trinajstić information content (AvgIpc) is 3.72. The van der Waals surface area contributed by atoms with Crippen LogP contribution in [0.5, 0.6) is 11.5 Å². The molecule has 12 rings (SSSR count). The molecule has 0 saturated carbocycles. The van der Waals surface area contributed by atoms with E-state index >= 15 is 0 Å². The molecule has 10 aromatic rings. The lowest BCUT2D eigenvalue weighted by Gasteiger charge is -2.41. The van der Waals surface area contributed by atoms with E-state index in [1.54, 1.807) is 0 Å². The number of nitrogens with zero attached hydrogens (tertiary/aromatic N) is 3. The number of ether oxygens (including phenoxy) is 1. The van der Waals surface area contributed by atoms with Gasteiger partial charge in [-0.2, -0.15) is 0 Å². The molecular formula is C60H48BN3OS. The van der Waals surface area contributed by atoms with Gasteiger partial charge in [0.25, 0.3) is 6.71 Å². The van der Waals surface area contributed by atoms with Crippen molar-refractivity contribution in [3.05, 3.63) is 215 Å². The maximum absolute atomic E-state index is 7.63. The summed E-state index contributed by atoms with van der Waals surface area (Å²) in [5, 5.41) is 2.41. The number of fused-ring (bicyclic) bond motifs is 8. The van der Waals surface area contributed by atoms with E-state index in [9.17, 15) is 0 Å². The lowest BCUT2D eigenvalue weighted by molar-refractivity contribution is 0.494. The summed E-state index contributed by atoms with van der Waals surface area (Å²) >= 11 is 1.83. The molecule has 0 unspecified atom stereocenters. The van der Waals surface area contributed by atoms with E-state index in [0.717, 1.165) is 61.7 Å². The van der Waals surface area contributed by atoms with Gasteiger partial charge in [0.05, 0.1) is 16.1 Å². The highest BCUT2D eigenvalue weighted by Gasteiger charge is 2.44. The van der Waals surface area contributed by atoms with Crippen LogP contribution in [-0.2, 0) is 0 Å². The predicted octanol–water partition coefficient (Wildman–Crippen LogP) is 15.2. The minimum atomic E-state index is -0.122. The first kappa shape index (κ1) is 40.0. The summed E-state index contributed by atoms with van der Waals surface area (Å²) in [4.78, 5) is 7.30. The Morgan fingerprint density at radius 2 is 0.970 bits per heavy atom. The molecule has 9 aromatic carbocycles. The fourth-order valence-corrected chi connectivity index (χ4v) is 11.3. The van der Waals surface area contributed by atoms with Crippen LogP contribution < -0.4 is 35.8 Å². The lowest BCUT2D eigenvalue weighted by Crippen LogP contribution is -2.59. The third-order valence-corrected chi connectivity index (χ3v) is 14.6. The molecule has 4 nitrogen and oxygen atoms in total. The van der Waals surface area contributed by atoms with Crippen molar-refractivity contribution in [3.63, 3.8) is 0 Å². The largest absolute Gasteiger partial charge is 0.457 e. The Morgan fingerprint density at radius 1 is 0.455 bits per heavy atom. The molecule has 0 amide bonds. The summed E-state index contributed by atoms with van der Waals surface area (Å²) < 4.78 is 10.0. The van der Waals surface area contributed by atoms with E-state index in [1.807, 2.05) is 11.3 Å². The molecule has 0 N–H and O–H groups in total. The van der Waals surface area contributed by atoms with Gasteiger partial charge in [0, 0.05) is 61.4 Å². The van der Waals surface area contributed by atoms with E-state index in [1.165, 1.54) is 70.9 Å². The van der Waals surface area contributed by atoms with E-state index in [4.69, 9.17) is 4.74 Å².